The first-order valence-electron chi connectivity index (χ1n) is 8.52. The molecule has 0 saturated carbocycles. The Morgan fingerprint density at radius 2 is 2.19 bits per heavy atom. The number of nitrogens with one attached hydrogen (secondary N) is 1. The molecular formula is C18H23N3O5S. The van der Waals surface area contributed by atoms with Crippen LogP contribution in [-0.2, 0) is 14.3 Å². The first-order valence-corrected chi connectivity index (χ1v) is 8.93. The lowest BCUT2D eigenvalue weighted by atomic mass is 9.94. The summed E-state index contributed by atoms with van der Waals surface area (Å²) in [7, 11) is 1.59. The minimum absolute atomic E-state index is 0.0590. The SMILES string of the molecule is CCOC(=O)C1=C(C)N([C@H](C)COC)C(=S)N[C@@H]1c1cccc([N+](=O)[O-])c1. The van der Waals surface area contributed by atoms with Gasteiger partial charge in [-0.2, -0.15) is 0 Å². The lowest BCUT2D eigenvalue weighted by molar-refractivity contribution is -0.384. The van der Waals surface area contributed by atoms with E-state index < -0.39 is 16.9 Å². The van der Waals surface area contributed by atoms with Gasteiger partial charge >= 0.3 is 5.97 Å². The van der Waals surface area contributed by atoms with Gasteiger partial charge in [0.2, 0.25) is 0 Å². The van der Waals surface area contributed by atoms with Crippen molar-refractivity contribution in [2.24, 2.45) is 0 Å². The first-order chi connectivity index (χ1) is 12.8. The largest absolute Gasteiger partial charge is 0.463 e. The van der Waals surface area contributed by atoms with E-state index >= 15 is 0 Å². The Balaban J connectivity index is 2.56. The van der Waals surface area contributed by atoms with Crippen molar-refractivity contribution in [3.05, 3.63) is 51.2 Å². The topological polar surface area (TPSA) is 93.9 Å². The van der Waals surface area contributed by atoms with E-state index in [-0.39, 0.29) is 18.3 Å². The number of thiocarbonyl (C=S) groups is 1. The van der Waals surface area contributed by atoms with Gasteiger partial charge in [-0.15, -0.1) is 0 Å². The molecular weight excluding hydrogens is 370 g/mol. The van der Waals surface area contributed by atoms with Gasteiger partial charge in [0.05, 0.1) is 35.8 Å². The molecule has 0 bridgehead atoms. The van der Waals surface area contributed by atoms with E-state index in [1.54, 1.807) is 38.0 Å². The fraction of sp³-hybridized carbons (Fsp3) is 0.444. The number of carbonyl (C=O) groups excluding carboxylic acids is 1. The lowest BCUT2D eigenvalue weighted by Gasteiger charge is -2.40. The standard InChI is InChI=1S/C18H23N3O5S/c1-5-26-17(22)15-12(3)20(11(2)10-25-4)18(27)19-16(15)13-7-6-8-14(9-13)21(23)24/h6-9,11,16H,5,10H2,1-4H3,(H,19,27)/t11-,16-/m1/s1. The van der Waals surface area contributed by atoms with Gasteiger partial charge < -0.3 is 19.7 Å². The Morgan fingerprint density at radius 3 is 2.78 bits per heavy atom. The predicted molar refractivity (Wildman–Crippen MR) is 104 cm³/mol. The zero-order valence-corrected chi connectivity index (χ0v) is 16.5. The number of hydrogen-bond acceptors (Lipinski definition) is 6. The molecule has 2 rings (SSSR count). The Kier molecular flexibility index (Phi) is 6.86. The Labute approximate surface area is 163 Å². The first kappa shape index (κ1) is 20.8. The number of rotatable bonds is 7. The number of carbonyl (C=O) groups is 1. The highest BCUT2D eigenvalue weighted by molar-refractivity contribution is 7.80. The minimum atomic E-state index is -0.637. The van der Waals surface area contributed by atoms with E-state index in [9.17, 15) is 14.9 Å². The van der Waals surface area contributed by atoms with Gasteiger partial charge in [-0.05, 0) is 38.6 Å². The predicted octanol–water partition coefficient (Wildman–Crippen LogP) is 2.70. The average molecular weight is 393 g/mol. The summed E-state index contributed by atoms with van der Waals surface area (Å²) in [5.74, 6) is -0.490. The van der Waals surface area contributed by atoms with Crippen LogP contribution in [0.1, 0.15) is 32.4 Å². The van der Waals surface area contributed by atoms with E-state index in [1.807, 2.05) is 6.92 Å². The maximum absolute atomic E-state index is 12.7. The van der Waals surface area contributed by atoms with Crippen molar-refractivity contribution in [1.82, 2.24) is 10.2 Å². The molecule has 1 aromatic carbocycles. The van der Waals surface area contributed by atoms with Gasteiger partial charge in [-0.25, -0.2) is 4.79 Å². The van der Waals surface area contributed by atoms with Crippen molar-refractivity contribution in [3.63, 3.8) is 0 Å². The summed E-state index contributed by atoms with van der Waals surface area (Å²) in [6, 6.07) is 5.39. The molecule has 9 heteroatoms. The van der Waals surface area contributed by atoms with Crippen LogP contribution < -0.4 is 5.32 Å². The van der Waals surface area contributed by atoms with Crippen LogP contribution in [0.15, 0.2) is 35.5 Å². The Morgan fingerprint density at radius 1 is 1.48 bits per heavy atom. The van der Waals surface area contributed by atoms with Crippen molar-refractivity contribution >= 4 is 29.0 Å². The van der Waals surface area contributed by atoms with Crippen LogP contribution in [0.4, 0.5) is 5.69 Å². The van der Waals surface area contributed by atoms with Crippen LogP contribution in [-0.4, -0.2) is 47.3 Å². The molecule has 0 aliphatic carbocycles. The molecule has 0 aromatic heterocycles. The fourth-order valence-electron chi connectivity index (χ4n) is 3.14. The molecule has 0 amide bonds. The average Bonchev–Trinajstić information content (AvgIpc) is 2.61. The third-order valence-corrected chi connectivity index (χ3v) is 4.60. The number of benzene rings is 1. The molecule has 27 heavy (non-hydrogen) atoms. The smallest absolute Gasteiger partial charge is 0.338 e. The van der Waals surface area contributed by atoms with E-state index in [4.69, 9.17) is 21.7 Å². The van der Waals surface area contributed by atoms with Crippen molar-refractivity contribution in [1.29, 1.82) is 0 Å². The molecule has 0 fully saturated rings. The zero-order chi connectivity index (χ0) is 20.1. The minimum Gasteiger partial charge on any atom is -0.463 e. The maximum atomic E-state index is 12.7. The van der Waals surface area contributed by atoms with Crippen LogP contribution >= 0.6 is 12.2 Å². The van der Waals surface area contributed by atoms with E-state index in [0.29, 0.717) is 28.6 Å². The van der Waals surface area contributed by atoms with Gasteiger partial charge in [-0.1, -0.05) is 12.1 Å². The maximum Gasteiger partial charge on any atom is 0.338 e. The molecule has 146 valence electrons. The number of ether oxygens (including phenoxy) is 2. The molecule has 0 saturated heterocycles. The molecule has 8 nitrogen and oxygen atoms in total. The second-order valence-electron chi connectivity index (χ2n) is 6.13. The van der Waals surface area contributed by atoms with Crippen LogP contribution in [0.2, 0.25) is 0 Å². The molecule has 2 atom stereocenters. The van der Waals surface area contributed by atoms with Gasteiger partial charge in [0.15, 0.2) is 5.11 Å². The molecule has 1 heterocycles. The summed E-state index contributed by atoms with van der Waals surface area (Å²) in [5.41, 5.74) is 1.51. The van der Waals surface area contributed by atoms with Crippen LogP contribution in [0, 0.1) is 10.1 Å². The number of allylic oxidation sites excluding steroid dienone is 1. The number of nitrogens with zero attached hydrogens (tertiary/aromatic N) is 2. The molecule has 0 radical (unpaired) electrons. The summed E-state index contributed by atoms with van der Waals surface area (Å²) in [4.78, 5) is 25.1. The van der Waals surface area contributed by atoms with Crippen LogP contribution in [0.25, 0.3) is 0 Å². The van der Waals surface area contributed by atoms with Gasteiger partial charge in [-0.3, -0.25) is 10.1 Å². The van der Waals surface area contributed by atoms with Gasteiger partial charge in [0, 0.05) is 24.9 Å². The van der Waals surface area contributed by atoms with Crippen molar-refractivity contribution < 1.29 is 19.2 Å². The van der Waals surface area contributed by atoms with E-state index in [1.165, 1.54) is 12.1 Å². The molecule has 1 aliphatic rings. The van der Waals surface area contributed by atoms with Crippen molar-refractivity contribution in [2.45, 2.75) is 32.9 Å². The van der Waals surface area contributed by atoms with Crippen molar-refractivity contribution in [3.8, 4) is 0 Å². The normalized spacial score (nSPS) is 18.1. The summed E-state index contributed by atoms with van der Waals surface area (Å²) in [5, 5.41) is 14.7. The number of nitro benzene ring substituents is 1. The number of hydrogen-bond donors (Lipinski definition) is 1. The third kappa shape index (κ3) is 4.42. The quantitative estimate of drug-likeness (QED) is 0.327. The summed E-state index contributed by atoms with van der Waals surface area (Å²) < 4.78 is 10.4. The van der Waals surface area contributed by atoms with Gasteiger partial charge in [0.25, 0.3) is 5.69 Å². The van der Waals surface area contributed by atoms with E-state index in [2.05, 4.69) is 5.32 Å². The van der Waals surface area contributed by atoms with Crippen LogP contribution in [0.3, 0.4) is 0 Å². The number of non-ortho nitro benzene ring substituents is 1. The monoisotopic (exact) mass is 393 g/mol. The summed E-state index contributed by atoms with van der Waals surface area (Å²) >= 11 is 5.50. The summed E-state index contributed by atoms with van der Waals surface area (Å²) in [6.07, 6.45) is 0. The molecule has 1 aromatic rings. The molecule has 1 N–H and O–H groups in total. The second kappa shape index (κ2) is 8.92. The Hall–Kier alpha value is -2.52. The molecule has 1 aliphatic heterocycles. The fourth-order valence-corrected chi connectivity index (χ4v) is 3.58. The highest BCUT2D eigenvalue weighted by atomic mass is 32.1. The highest BCUT2D eigenvalue weighted by Crippen LogP contribution is 2.33. The molecule has 0 unspecified atom stereocenters. The number of esters is 1. The summed E-state index contributed by atoms with van der Waals surface area (Å²) in [6.45, 7) is 6.07. The van der Waals surface area contributed by atoms with E-state index in [0.717, 1.165) is 0 Å². The zero-order valence-electron chi connectivity index (χ0n) is 15.7. The Bertz CT molecular complexity index is 780. The van der Waals surface area contributed by atoms with Crippen molar-refractivity contribution in [2.75, 3.05) is 20.3 Å². The van der Waals surface area contributed by atoms with Crippen LogP contribution in [0.5, 0.6) is 0 Å². The highest BCUT2D eigenvalue weighted by Gasteiger charge is 2.36. The number of nitro groups is 1. The number of methoxy groups -OCH3 is 1. The van der Waals surface area contributed by atoms with Gasteiger partial charge in [0.1, 0.15) is 0 Å². The lowest BCUT2D eigenvalue weighted by Crippen LogP contribution is -2.52. The third-order valence-electron chi connectivity index (χ3n) is 4.28. The molecule has 0 spiro atoms. The second-order valence-corrected chi connectivity index (χ2v) is 6.52.